The van der Waals surface area contributed by atoms with Gasteiger partial charge >= 0.3 is 0 Å². The van der Waals surface area contributed by atoms with E-state index in [2.05, 4.69) is 88.3 Å². The van der Waals surface area contributed by atoms with Crippen molar-refractivity contribution in [3.05, 3.63) is 68.7 Å². The van der Waals surface area contributed by atoms with Crippen LogP contribution >= 0.6 is 27.3 Å². The summed E-state index contributed by atoms with van der Waals surface area (Å²) in [6.45, 7) is 5.15. The highest BCUT2D eigenvalue weighted by Crippen LogP contribution is 2.23. The van der Waals surface area contributed by atoms with Gasteiger partial charge < -0.3 is 4.57 Å². The Morgan fingerprint density at radius 2 is 1.73 bits per heavy atom. The Labute approximate surface area is 142 Å². The third-order valence-electron chi connectivity index (χ3n) is 3.51. The molecular formula is C18H17BrN2S. The first kappa shape index (κ1) is 15.3. The van der Waals surface area contributed by atoms with Crippen LogP contribution < -0.4 is 4.80 Å². The van der Waals surface area contributed by atoms with Gasteiger partial charge in [0.25, 0.3) is 0 Å². The predicted molar refractivity (Wildman–Crippen MR) is 97.5 cm³/mol. The number of thiazole rings is 1. The van der Waals surface area contributed by atoms with E-state index in [0.717, 1.165) is 21.5 Å². The third-order valence-corrected chi connectivity index (χ3v) is 4.90. The highest BCUT2D eigenvalue weighted by Gasteiger charge is 2.06. The van der Waals surface area contributed by atoms with E-state index in [9.17, 15) is 0 Å². The third kappa shape index (κ3) is 3.23. The second-order valence-corrected chi connectivity index (χ2v) is 6.85. The monoisotopic (exact) mass is 372 g/mol. The van der Waals surface area contributed by atoms with Crippen LogP contribution in [0.5, 0.6) is 0 Å². The summed E-state index contributed by atoms with van der Waals surface area (Å²) in [4.78, 5) is 5.82. The summed E-state index contributed by atoms with van der Waals surface area (Å²) >= 11 is 5.17. The zero-order valence-corrected chi connectivity index (χ0v) is 15.0. The van der Waals surface area contributed by atoms with Crippen molar-refractivity contribution in [2.24, 2.45) is 4.99 Å². The minimum absolute atomic E-state index is 0.902. The first-order valence-electron chi connectivity index (χ1n) is 7.23. The van der Waals surface area contributed by atoms with Crippen molar-refractivity contribution in [3.63, 3.8) is 0 Å². The fourth-order valence-electron chi connectivity index (χ4n) is 2.31. The van der Waals surface area contributed by atoms with Gasteiger partial charge in [-0.05, 0) is 43.7 Å². The molecular weight excluding hydrogens is 356 g/mol. The van der Waals surface area contributed by atoms with E-state index in [1.54, 1.807) is 11.3 Å². The van der Waals surface area contributed by atoms with Crippen LogP contribution in [0, 0.1) is 6.92 Å². The first-order valence-corrected chi connectivity index (χ1v) is 8.90. The molecule has 112 valence electrons. The molecule has 2 aromatic carbocycles. The Balaban J connectivity index is 2.07. The summed E-state index contributed by atoms with van der Waals surface area (Å²) in [5, 5.41) is 2.18. The van der Waals surface area contributed by atoms with E-state index < -0.39 is 0 Å². The summed E-state index contributed by atoms with van der Waals surface area (Å²) in [6.07, 6.45) is 0. The molecule has 2 nitrogen and oxygen atoms in total. The normalized spacial score (nSPS) is 11.9. The van der Waals surface area contributed by atoms with Crippen molar-refractivity contribution in [3.8, 4) is 11.3 Å². The van der Waals surface area contributed by atoms with Gasteiger partial charge in [-0.25, -0.2) is 4.99 Å². The van der Waals surface area contributed by atoms with Crippen molar-refractivity contribution in [2.75, 3.05) is 0 Å². The minimum Gasteiger partial charge on any atom is -0.317 e. The van der Waals surface area contributed by atoms with E-state index in [0.29, 0.717) is 0 Å². The lowest BCUT2D eigenvalue weighted by Crippen LogP contribution is -2.14. The summed E-state index contributed by atoms with van der Waals surface area (Å²) in [5.74, 6) is 0. The lowest BCUT2D eigenvalue weighted by atomic mass is 10.2. The standard InChI is InChI=1S/C18H17BrN2S/c1-3-21-17(14-6-8-15(19)9-7-14)12-22-18(21)20-16-10-4-13(2)5-11-16/h4-12H,3H2,1-2H3. The van der Waals surface area contributed by atoms with Gasteiger partial charge in [0.15, 0.2) is 4.80 Å². The van der Waals surface area contributed by atoms with Crippen LogP contribution in [0.2, 0.25) is 0 Å². The quantitative estimate of drug-likeness (QED) is 0.574. The second kappa shape index (κ2) is 6.63. The molecule has 0 amide bonds. The number of halogens is 1. The van der Waals surface area contributed by atoms with Gasteiger partial charge in [-0.15, -0.1) is 11.3 Å². The molecule has 0 saturated carbocycles. The lowest BCUT2D eigenvalue weighted by molar-refractivity contribution is 0.745. The van der Waals surface area contributed by atoms with Crippen LogP contribution in [0.4, 0.5) is 5.69 Å². The van der Waals surface area contributed by atoms with Gasteiger partial charge in [0.2, 0.25) is 0 Å². The molecule has 1 aromatic heterocycles. The molecule has 0 bridgehead atoms. The molecule has 0 aliphatic carbocycles. The molecule has 3 rings (SSSR count). The summed E-state index contributed by atoms with van der Waals surface area (Å²) in [6, 6.07) is 16.7. The van der Waals surface area contributed by atoms with Crippen molar-refractivity contribution in [1.82, 2.24) is 4.57 Å². The molecule has 0 unspecified atom stereocenters. The maximum absolute atomic E-state index is 4.79. The van der Waals surface area contributed by atoms with Crippen LogP contribution in [-0.2, 0) is 6.54 Å². The van der Waals surface area contributed by atoms with E-state index in [4.69, 9.17) is 4.99 Å². The SMILES string of the molecule is CCn1c(-c2ccc(Br)cc2)csc1=Nc1ccc(C)cc1. The molecule has 4 heteroatoms. The zero-order valence-electron chi connectivity index (χ0n) is 12.6. The maximum Gasteiger partial charge on any atom is 0.190 e. The average molecular weight is 373 g/mol. The molecule has 3 aromatic rings. The van der Waals surface area contributed by atoms with E-state index in [1.807, 2.05) is 0 Å². The number of aryl methyl sites for hydroxylation is 1. The molecule has 0 saturated heterocycles. The first-order chi connectivity index (χ1) is 10.7. The van der Waals surface area contributed by atoms with Gasteiger partial charge in [-0.1, -0.05) is 45.8 Å². The molecule has 0 fully saturated rings. The minimum atomic E-state index is 0.902. The van der Waals surface area contributed by atoms with Crippen LogP contribution in [0.15, 0.2) is 63.4 Å². The Bertz CT molecular complexity index is 827. The molecule has 22 heavy (non-hydrogen) atoms. The summed E-state index contributed by atoms with van der Waals surface area (Å²) < 4.78 is 3.35. The van der Waals surface area contributed by atoms with Crippen LogP contribution in [-0.4, -0.2) is 4.57 Å². The molecule has 1 heterocycles. The van der Waals surface area contributed by atoms with Gasteiger partial charge in [0.1, 0.15) is 0 Å². The summed E-state index contributed by atoms with van der Waals surface area (Å²) in [7, 11) is 0. The number of nitrogens with zero attached hydrogens (tertiary/aromatic N) is 2. The number of rotatable bonds is 3. The van der Waals surface area contributed by atoms with Gasteiger partial charge in [-0.2, -0.15) is 0 Å². The van der Waals surface area contributed by atoms with Crippen LogP contribution in [0.3, 0.4) is 0 Å². The average Bonchev–Trinajstić information content (AvgIpc) is 2.93. The molecule has 0 radical (unpaired) electrons. The Kier molecular flexibility index (Phi) is 4.60. The van der Waals surface area contributed by atoms with Crippen molar-refractivity contribution in [1.29, 1.82) is 0 Å². The molecule has 0 aliphatic heterocycles. The molecule has 0 N–H and O–H groups in total. The Hall–Kier alpha value is -1.65. The molecule has 0 atom stereocenters. The number of hydrogen-bond donors (Lipinski definition) is 0. The smallest absolute Gasteiger partial charge is 0.190 e. The van der Waals surface area contributed by atoms with Crippen LogP contribution in [0.25, 0.3) is 11.3 Å². The van der Waals surface area contributed by atoms with Crippen LogP contribution in [0.1, 0.15) is 12.5 Å². The number of benzene rings is 2. The molecule has 0 aliphatic rings. The second-order valence-electron chi connectivity index (χ2n) is 5.10. The van der Waals surface area contributed by atoms with Crippen molar-refractivity contribution >= 4 is 33.0 Å². The van der Waals surface area contributed by atoms with E-state index in [1.165, 1.54) is 16.8 Å². The summed E-state index contributed by atoms with van der Waals surface area (Å²) in [5.41, 5.74) is 4.68. The number of hydrogen-bond acceptors (Lipinski definition) is 2. The Morgan fingerprint density at radius 3 is 2.36 bits per heavy atom. The van der Waals surface area contributed by atoms with Crippen molar-refractivity contribution in [2.45, 2.75) is 20.4 Å². The Morgan fingerprint density at radius 1 is 1.05 bits per heavy atom. The zero-order chi connectivity index (χ0) is 15.5. The molecule has 0 spiro atoms. The van der Waals surface area contributed by atoms with Gasteiger partial charge in [0.05, 0.1) is 11.4 Å². The fourth-order valence-corrected chi connectivity index (χ4v) is 3.56. The maximum atomic E-state index is 4.79. The largest absolute Gasteiger partial charge is 0.317 e. The highest BCUT2D eigenvalue weighted by molar-refractivity contribution is 9.10. The topological polar surface area (TPSA) is 17.3 Å². The predicted octanol–water partition coefficient (Wildman–Crippen LogP) is 5.54. The van der Waals surface area contributed by atoms with Crippen molar-refractivity contribution < 1.29 is 0 Å². The lowest BCUT2D eigenvalue weighted by Gasteiger charge is -2.06. The highest BCUT2D eigenvalue weighted by atomic mass is 79.9. The fraction of sp³-hybridized carbons (Fsp3) is 0.167. The van der Waals surface area contributed by atoms with E-state index in [-0.39, 0.29) is 0 Å². The van der Waals surface area contributed by atoms with Gasteiger partial charge in [0, 0.05) is 16.4 Å². The van der Waals surface area contributed by atoms with Gasteiger partial charge in [-0.3, -0.25) is 0 Å². The number of aromatic nitrogens is 1. The van der Waals surface area contributed by atoms with E-state index >= 15 is 0 Å².